The quantitative estimate of drug-likeness (QED) is 0.816. The van der Waals surface area contributed by atoms with Gasteiger partial charge in [-0.05, 0) is 12.1 Å². The van der Waals surface area contributed by atoms with E-state index >= 15 is 0 Å². The molecule has 0 fully saturated rings. The molecule has 3 N–H and O–H groups in total. The van der Waals surface area contributed by atoms with E-state index in [4.69, 9.17) is 5.73 Å². The number of nitrogen functional groups attached to an aromatic ring is 1. The summed E-state index contributed by atoms with van der Waals surface area (Å²) in [6.45, 7) is 0. The van der Waals surface area contributed by atoms with Crippen molar-refractivity contribution in [3.05, 3.63) is 57.1 Å². The molecule has 9 heteroatoms. The van der Waals surface area contributed by atoms with Gasteiger partial charge in [0, 0.05) is 6.07 Å². The third-order valence-electron chi connectivity index (χ3n) is 3.44. The van der Waals surface area contributed by atoms with Crippen molar-refractivity contribution in [1.29, 1.82) is 0 Å². The second kappa shape index (κ2) is 4.97. The molecule has 0 unspecified atom stereocenters. The van der Waals surface area contributed by atoms with Gasteiger partial charge in [-0.3, -0.25) is 24.3 Å². The van der Waals surface area contributed by atoms with Crippen LogP contribution in [0.2, 0.25) is 0 Å². The zero-order valence-corrected chi connectivity index (χ0v) is 11.3. The molecular formula is C14H8F3N3O3. The summed E-state index contributed by atoms with van der Waals surface area (Å²) < 4.78 is 40.5. The van der Waals surface area contributed by atoms with Crippen LogP contribution in [0.4, 0.5) is 19.0 Å². The fraction of sp³-hybridized carbons (Fsp3) is 0.0714. The Hall–Kier alpha value is -3.10. The molecule has 0 saturated carbocycles. The smallest absolute Gasteiger partial charge is 0.268 e. The summed E-state index contributed by atoms with van der Waals surface area (Å²) in [4.78, 5) is 35.4. The predicted molar refractivity (Wildman–Crippen MR) is 73.2 cm³/mol. The van der Waals surface area contributed by atoms with Crippen LogP contribution in [0.25, 0.3) is 5.69 Å². The summed E-state index contributed by atoms with van der Waals surface area (Å²) in [5.41, 5.74) is 2.73. The Morgan fingerprint density at radius 3 is 2.48 bits per heavy atom. The highest BCUT2D eigenvalue weighted by molar-refractivity contribution is 6.23. The maximum atomic E-state index is 13.7. The van der Waals surface area contributed by atoms with Crippen LogP contribution in [0.3, 0.4) is 0 Å². The summed E-state index contributed by atoms with van der Waals surface area (Å²) in [5, 5.41) is 1.95. The maximum absolute atomic E-state index is 13.7. The second-order valence-electron chi connectivity index (χ2n) is 4.75. The lowest BCUT2D eigenvalue weighted by Crippen LogP contribution is -2.25. The Morgan fingerprint density at radius 2 is 1.83 bits per heavy atom. The highest BCUT2D eigenvalue weighted by Gasteiger charge is 2.32. The van der Waals surface area contributed by atoms with Gasteiger partial charge in [-0.15, -0.1) is 0 Å². The number of alkyl halides is 2. The lowest BCUT2D eigenvalue weighted by atomic mass is 10.1. The largest absolute Gasteiger partial charge is 0.384 e. The molecule has 2 aromatic rings. The number of nitrogens with zero attached hydrogens (tertiary/aromatic N) is 1. The van der Waals surface area contributed by atoms with Gasteiger partial charge < -0.3 is 5.73 Å². The maximum Gasteiger partial charge on any atom is 0.268 e. The number of fused-ring (bicyclic) bond motifs is 1. The number of benzene rings is 1. The van der Waals surface area contributed by atoms with Gasteiger partial charge in [0.1, 0.15) is 11.6 Å². The minimum Gasteiger partial charge on any atom is -0.384 e. The molecule has 0 radical (unpaired) electrons. The topological polar surface area (TPSA) is 94.2 Å². The predicted octanol–water partition coefficient (Wildman–Crippen LogP) is 1.38. The Balaban J connectivity index is 2.39. The van der Waals surface area contributed by atoms with Gasteiger partial charge in [-0.1, -0.05) is 6.07 Å². The lowest BCUT2D eigenvalue weighted by molar-refractivity contribution is 0.0879. The molecule has 1 aliphatic rings. The SMILES string of the molecule is Nc1c2c(cc(=O)n1-c1cccc(F)c1C(F)F)C(=O)NC2=O. The Morgan fingerprint density at radius 1 is 1.13 bits per heavy atom. The van der Waals surface area contributed by atoms with Crippen molar-refractivity contribution in [3.8, 4) is 5.69 Å². The van der Waals surface area contributed by atoms with Crippen LogP contribution in [0.1, 0.15) is 32.7 Å². The second-order valence-corrected chi connectivity index (χ2v) is 4.75. The number of carbonyl (C=O) groups excluding carboxylic acids is 2. The first-order valence-corrected chi connectivity index (χ1v) is 6.31. The van der Waals surface area contributed by atoms with Crippen molar-refractivity contribution in [2.75, 3.05) is 5.73 Å². The normalized spacial score (nSPS) is 13.4. The van der Waals surface area contributed by atoms with Crippen LogP contribution in [0.5, 0.6) is 0 Å². The van der Waals surface area contributed by atoms with Gasteiger partial charge in [-0.25, -0.2) is 13.2 Å². The number of nitrogens with one attached hydrogen (secondary N) is 1. The highest BCUT2D eigenvalue weighted by Crippen LogP contribution is 2.30. The third-order valence-corrected chi connectivity index (χ3v) is 3.44. The molecule has 0 atom stereocenters. The number of carbonyl (C=O) groups is 2. The standard InChI is InChI=1S/C14H8F3N3O3/c15-6-2-1-3-7(10(6)11(16)17)20-8(21)4-5-9(12(20)18)14(23)19-13(5)22/h1-4,11H,18H2,(H,19,22,23). The van der Waals surface area contributed by atoms with E-state index in [0.29, 0.717) is 4.57 Å². The van der Waals surface area contributed by atoms with Crippen LogP contribution in [-0.4, -0.2) is 16.4 Å². The van der Waals surface area contributed by atoms with E-state index in [2.05, 4.69) is 0 Å². The number of amides is 2. The molecule has 2 heterocycles. The first-order valence-electron chi connectivity index (χ1n) is 6.31. The van der Waals surface area contributed by atoms with E-state index in [1.165, 1.54) is 0 Å². The van der Waals surface area contributed by atoms with E-state index in [0.717, 1.165) is 24.3 Å². The molecule has 0 bridgehead atoms. The van der Waals surface area contributed by atoms with Crippen molar-refractivity contribution in [1.82, 2.24) is 9.88 Å². The van der Waals surface area contributed by atoms with Crippen LogP contribution >= 0.6 is 0 Å². The zero-order valence-electron chi connectivity index (χ0n) is 11.3. The molecular weight excluding hydrogens is 315 g/mol. The van der Waals surface area contributed by atoms with Crippen molar-refractivity contribution in [2.45, 2.75) is 6.43 Å². The molecule has 23 heavy (non-hydrogen) atoms. The number of hydrogen-bond donors (Lipinski definition) is 2. The summed E-state index contributed by atoms with van der Waals surface area (Å²) in [5.74, 6) is -3.39. The number of aromatic nitrogens is 1. The number of imide groups is 1. The van der Waals surface area contributed by atoms with Crippen LogP contribution in [0.15, 0.2) is 29.1 Å². The first kappa shape index (κ1) is 14.8. The minimum absolute atomic E-state index is 0.247. The molecule has 1 aromatic heterocycles. The monoisotopic (exact) mass is 323 g/mol. The van der Waals surface area contributed by atoms with Crippen LogP contribution in [-0.2, 0) is 0 Å². The molecule has 2 amide bonds. The molecule has 1 aliphatic heterocycles. The Kier molecular flexibility index (Phi) is 3.20. The fourth-order valence-electron chi connectivity index (χ4n) is 2.46. The molecule has 1 aromatic carbocycles. The number of rotatable bonds is 2. The molecule has 3 rings (SSSR count). The van der Waals surface area contributed by atoms with Gasteiger partial charge in [-0.2, -0.15) is 0 Å². The number of nitrogens with two attached hydrogens (primary N) is 1. The molecule has 118 valence electrons. The number of anilines is 1. The number of hydrogen-bond acceptors (Lipinski definition) is 4. The van der Waals surface area contributed by atoms with Crippen LogP contribution in [0, 0.1) is 5.82 Å². The van der Waals surface area contributed by atoms with Gasteiger partial charge in [0.05, 0.1) is 22.4 Å². The van der Waals surface area contributed by atoms with Crippen molar-refractivity contribution >= 4 is 17.6 Å². The van der Waals surface area contributed by atoms with E-state index in [1.54, 1.807) is 0 Å². The first-order chi connectivity index (χ1) is 10.8. The third kappa shape index (κ3) is 2.08. The van der Waals surface area contributed by atoms with E-state index in [9.17, 15) is 27.6 Å². The van der Waals surface area contributed by atoms with E-state index < -0.39 is 46.7 Å². The summed E-state index contributed by atoms with van der Waals surface area (Å²) in [7, 11) is 0. The van der Waals surface area contributed by atoms with Gasteiger partial charge in [0.15, 0.2) is 0 Å². The highest BCUT2D eigenvalue weighted by atomic mass is 19.3. The van der Waals surface area contributed by atoms with Crippen molar-refractivity contribution < 1.29 is 22.8 Å². The van der Waals surface area contributed by atoms with E-state index in [1.807, 2.05) is 5.32 Å². The minimum atomic E-state index is -3.21. The summed E-state index contributed by atoms with van der Waals surface area (Å²) in [6, 6.07) is 3.81. The average molecular weight is 323 g/mol. The zero-order chi connectivity index (χ0) is 16.9. The lowest BCUT2D eigenvalue weighted by Gasteiger charge is -2.15. The Labute approximate surface area is 126 Å². The number of pyridine rings is 1. The van der Waals surface area contributed by atoms with Gasteiger partial charge in [0.2, 0.25) is 0 Å². The van der Waals surface area contributed by atoms with Gasteiger partial charge >= 0.3 is 0 Å². The molecule has 0 saturated heterocycles. The molecule has 6 nitrogen and oxygen atoms in total. The number of halogens is 3. The van der Waals surface area contributed by atoms with Crippen molar-refractivity contribution in [2.24, 2.45) is 0 Å². The summed E-state index contributed by atoms with van der Waals surface area (Å²) >= 11 is 0. The molecule has 0 spiro atoms. The van der Waals surface area contributed by atoms with Crippen molar-refractivity contribution in [3.63, 3.8) is 0 Å². The Bertz CT molecular complexity index is 921. The summed E-state index contributed by atoms with van der Waals surface area (Å²) in [6.07, 6.45) is -3.21. The van der Waals surface area contributed by atoms with Crippen LogP contribution < -0.4 is 16.6 Å². The average Bonchev–Trinajstić information content (AvgIpc) is 2.73. The van der Waals surface area contributed by atoms with Gasteiger partial charge in [0.25, 0.3) is 23.8 Å². The molecule has 0 aliphatic carbocycles. The van der Waals surface area contributed by atoms with E-state index in [-0.39, 0.29) is 11.1 Å². The fourth-order valence-corrected chi connectivity index (χ4v) is 2.46.